The van der Waals surface area contributed by atoms with Crippen molar-refractivity contribution in [2.24, 2.45) is 5.92 Å². The molecule has 2 rings (SSSR count). The van der Waals surface area contributed by atoms with Crippen LogP contribution in [-0.2, 0) is 16.1 Å². The van der Waals surface area contributed by atoms with E-state index in [9.17, 15) is 9.59 Å². The summed E-state index contributed by atoms with van der Waals surface area (Å²) in [5.41, 5.74) is 0.686. The molecule has 1 N–H and O–H groups in total. The van der Waals surface area contributed by atoms with E-state index in [0.29, 0.717) is 18.7 Å². The Morgan fingerprint density at radius 1 is 1.50 bits per heavy atom. The van der Waals surface area contributed by atoms with Crippen LogP contribution < -0.4 is 5.32 Å². The SMILES string of the molecule is CCC[C@H](C)N1C[C@@H](C(=O)Nc2cnn(CCN(C)C)c2)CC1=O. The van der Waals surface area contributed by atoms with Crippen molar-refractivity contribution < 1.29 is 9.59 Å². The normalized spacial score (nSPS) is 19.1. The van der Waals surface area contributed by atoms with Crippen LogP contribution in [0.25, 0.3) is 0 Å². The van der Waals surface area contributed by atoms with Crippen molar-refractivity contribution in [1.29, 1.82) is 0 Å². The molecular weight excluding hydrogens is 306 g/mol. The molecule has 7 nitrogen and oxygen atoms in total. The second-order valence-electron chi connectivity index (χ2n) is 6.87. The monoisotopic (exact) mass is 335 g/mol. The average molecular weight is 335 g/mol. The van der Waals surface area contributed by atoms with E-state index in [1.54, 1.807) is 6.20 Å². The van der Waals surface area contributed by atoms with Crippen LogP contribution in [0.5, 0.6) is 0 Å². The van der Waals surface area contributed by atoms with Crippen LogP contribution in [0, 0.1) is 5.92 Å². The van der Waals surface area contributed by atoms with Crippen molar-refractivity contribution in [3.8, 4) is 0 Å². The topological polar surface area (TPSA) is 70.5 Å². The third kappa shape index (κ3) is 4.80. The lowest BCUT2D eigenvalue weighted by molar-refractivity contribution is -0.129. The first-order valence-corrected chi connectivity index (χ1v) is 8.68. The van der Waals surface area contributed by atoms with Crippen molar-refractivity contribution in [3.63, 3.8) is 0 Å². The van der Waals surface area contributed by atoms with E-state index in [4.69, 9.17) is 0 Å². The number of hydrogen-bond acceptors (Lipinski definition) is 4. The molecule has 1 aliphatic rings. The highest BCUT2D eigenvalue weighted by atomic mass is 16.2. The number of likely N-dealkylation sites (N-methyl/N-ethyl adjacent to an activating group) is 1. The highest BCUT2D eigenvalue weighted by Crippen LogP contribution is 2.23. The van der Waals surface area contributed by atoms with Crippen LogP contribution in [0.3, 0.4) is 0 Å². The highest BCUT2D eigenvalue weighted by Gasteiger charge is 2.36. The van der Waals surface area contributed by atoms with Gasteiger partial charge in [-0.25, -0.2) is 0 Å². The molecule has 0 aliphatic carbocycles. The molecule has 2 atom stereocenters. The van der Waals surface area contributed by atoms with E-state index in [-0.39, 0.29) is 23.8 Å². The first-order chi connectivity index (χ1) is 11.4. The molecule has 1 aromatic rings. The summed E-state index contributed by atoms with van der Waals surface area (Å²) >= 11 is 0. The number of anilines is 1. The lowest BCUT2D eigenvalue weighted by Crippen LogP contribution is -2.35. The number of likely N-dealkylation sites (tertiary alicyclic amines) is 1. The molecule has 0 bridgehead atoms. The Morgan fingerprint density at radius 2 is 2.25 bits per heavy atom. The molecule has 134 valence electrons. The Bertz CT molecular complexity index is 569. The molecule has 0 unspecified atom stereocenters. The van der Waals surface area contributed by atoms with Crippen molar-refractivity contribution >= 4 is 17.5 Å². The smallest absolute Gasteiger partial charge is 0.229 e. The Labute approximate surface area is 144 Å². The molecule has 2 heterocycles. The van der Waals surface area contributed by atoms with Gasteiger partial charge in [-0.3, -0.25) is 14.3 Å². The van der Waals surface area contributed by atoms with Gasteiger partial charge in [0.2, 0.25) is 11.8 Å². The van der Waals surface area contributed by atoms with Gasteiger partial charge in [0.25, 0.3) is 0 Å². The fourth-order valence-electron chi connectivity index (χ4n) is 3.00. The molecule has 0 radical (unpaired) electrons. The van der Waals surface area contributed by atoms with Gasteiger partial charge in [0.15, 0.2) is 0 Å². The van der Waals surface area contributed by atoms with Crippen LogP contribution in [-0.4, -0.2) is 64.6 Å². The van der Waals surface area contributed by atoms with E-state index in [1.807, 2.05) is 29.9 Å². The summed E-state index contributed by atoms with van der Waals surface area (Å²) in [5, 5.41) is 7.14. The lowest BCUT2D eigenvalue weighted by Gasteiger charge is -2.24. The standard InChI is InChI=1S/C17H29N5O2/c1-5-6-13(2)22-11-14(9-16(22)23)17(24)19-15-10-18-21(12-15)8-7-20(3)4/h10,12-14H,5-9,11H2,1-4H3,(H,19,24)/t13-,14-/m0/s1. The van der Waals surface area contributed by atoms with E-state index in [2.05, 4.69) is 29.2 Å². The third-order valence-electron chi connectivity index (χ3n) is 4.44. The van der Waals surface area contributed by atoms with Crippen LogP contribution in [0.2, 0.25) is 0 Å². The van der Waals surface area contributed by atoms with E-state index < -0.39 is 0 Å². The summed E-state index contributed by atoms with van der Waals surface area (Å²) in [7, 11) is 4.02. The van der Waals surface area contributed by atoms with Gasteiger partial charge in [0, 0.05) is 31.7 Å². The average Bonchev–Trinajstić information content (AvgIpc) is 3.12. The van der Waals surface area contributed by atoms with Crippen molar-refractivity contribution in [2.45, 2.75) is 45.7 Å². The molecule has 0 aromatic carbocycles. The molecule has 0 saturated carbocycles. The van der Waals surface area contributed by atoms with Gasteiger partial charge >= 0.3 is 0 Å². The van der Waals surface area contributed by atoms with Crippen molar-refractivity contribution in [1.82, 2.24) is 19.6 Å². The Hall–Kier alpha value is -1.89. The largest absolute Gasteiger partial charge is 0.339 e. The molecule has 1 aromatic heterocycles. The van der Waals surface area contributed by atoms with Gasteiger partial charge in [-0.2, -0.15) is 5.10 Å². The number of amides is 2. The van der Waals surface area contributed by atoms with Gasteiger partial charge in [-0.1, -0.05) is 13.3 Å². The Kier molecular flexibility index (Phi) is 6.36. The molecule has 24 heavy (non-hydrogen) atoms. The molecule has 1 saturated heterocycles. The maximum absolute atomic E-state index is 12.4. The predicted octanol–water partition coefficient (Wildman–Crippen LogP) is 1.42. The van der Waals surface area contributed by atoms with Crippen molar-refractivity contribution in [2.75, 3.05) is 32.5 Å². The quantitative estimate of drug-likeness (QED) is 0.780. The number of nitrogens with one attached hydrogen (secondary N) is 1. The number of hydrogen-bond donors (Lipinski definition) is 1. The Morgan fingerprint density at radius 3 is 2.92 bits per heavy atom. The maximum atomic E-state index is 12.4. The van der Waals surface area contributed by atoms with Crippen LogP contribution in [0.15, 0.2) is 12.4 Å². The molecule has 0 spiro atoms. The van der Waals surface area contributed by atoms with E-state index >= 15 is 0 Å². The Balaban J connectivity index is 1.88. The van der Waals surface area contributed by atoms with Crippen molar-refractivity contribution in [3.05, 3.63) is 12.4 Å². The third-order valence-corrected chi connectivity index (χ3v) is 4.44. The zero-order chi connectivity index (χ0) is 17.7. The number of carbonyl (C=O) groups is 2. The van der Waals surface area contributed by atoms with Gasteiger partial charge in [-0.05, 0) is 27.4 Å². The summed E-state index contributed by atoms with van der Waals surface area (Å²) in [5.74, 6) is -0.290. The van der Waals surface area contributed by atoms with E-state index in [0.717, 1.165) is 25.9 Å². The van der Waals surface area contributed by atoms with Gasteiger partial charge in [-0.15, -0.1) is 0 Å². The molecular formula is C17H29N5O2. The first kappa shape index (κ1) is 18.4. The van der Waals surface area contributed by atoms with Crippen LogP contribution in [0.1, 0.15) is 33.1 Å². The van der Waals surface area contributed by atoms with E-state index in [1.165, 1.54) is 0 Å². The second kappa shape index (κ2) is 8.28. The lowest BCUT2D eigenvalue weighted by atomic mass is 10.1. The minimum absolute atomic E-state index is 0.0813. The minimum Gasteiger partial charge on any atom is -0.339 e. The predicted molar refractivity (Wildman–Crippen MR) is 93.6 cm³/mol. The fraction of sp³-hybridized carbons (Fsp3) is 0.706. The summed E-state index contributed by atoms with van der Waals surface area (Å²) < 4.78 is 1.81. The number of carbonyl (C=O) groups excluding carboxylic acids is 2. The first-order valence-electron chi connectivity index (χ1n) is 8.68. The number of nitrogens with zero attached hydrogens (tertiary/aromatic N) is 4. The summed E-state index contributed by atoms with van der Waals surface area (Å²) in [6.45, 7) is 6.33. The maximum Gasteiger partial charge on any atom is 0.229 e. The summed E-state index contributed by atoms with van der Waals surface area (Å²) in [6.07, 6.45) is 5.79. The van der Waals surface area contributed by atoms with Gasteiger partial charge in [0.1, 0.15) is 0 Å². The molecule has 1 aliphatic heterocycles. The molecule has 1 fully saturated rings. The van der Waals surface area contributed by atoms with Crippen LogP contribution >= 0.6 is 0 Å². The zero-order valence-electron chi connectivity index (χ0n) is 15.2. The molecule has 7 heteroatoms. The fourth-order valence-corrected chi connectivity index (χ4v) is 3.00. The summed E-state index contributed by atoms with van der Waals surface area (Å²) in [6, 6.07) is 0.203. The summed E-state index contributed by atoms with van der Waals surface area (Å²) in [4.78, 5) is 28.5. The zero-order valence-corrected chi connectivity index (χ0v) is 15.2. The highest BCUT2D eigenvalue weighted by molar-refractivity contribution is 5.97. The number of rotatable bonds is 8. The molecule has 2 amide bonds. The minimum atomic E-state index is -0.276. The second-order valence-corrected chi connectivity index (χ2v) is 6.87. The van der Waals surface area contributed by atoms with Gasteiger partial charge in [0.05, 0.1) is 24.3 Å². The number of aromatic nitrogens is 2. The van der Waals surface area contributed by atoms with Gasteiger partial charge < -0.3 is 15.1 Å². The van der Waals surface area contributed by atoms with Crippen LogP contribution in [0.4, 0.5) is 5.69 Å².